The minimum Gasteiger partial charge on any atom is -0.461 e. The number of rotatable bonds is 2. The topological polar surface area (TPSA) is 43.9 Å². The van der Waals surface area contributed by atoms with Crippen molar-refractivity contribution in [1.29, 1.82) is 0 Å². The van der Waals surface area contributed by atoms with E-state index in [0.29, 0.717) is 11.6 Å². The maximum atomic E-state index is 5.37. The van der Waals surface area contributed by atoms with Gasteiger partial charge >= 0.3 is 0 Å². The normalized spacial score (nSPS) is 11.3. The van der Waals surface area contributed by atoms with Crippen molar-refractivity contribution in [3.63, 3.8) is 0 Å². The van der Waals surface area contributed by atoms with Crippen LogP contribution >= 0.6 is 15.9 Å². The van der Waals surface area contributed by atoms with Crippen LogP contribution in [0.25, 0.3) is 22.6 Å². The van der Waals surface area contributed by atoms with Crippen molar-refractivity contribution in [3.8, 4) is 11.6 Å². The van der Waals surface area contributed by atoms with Crippen LogP contribution in [-0.2, 0) is 13.5 Å². The Balaban J connectivity index is 2.34. The Labute approximate surface area is 113 Å². The van der Waals surface area contributed by atoms with E-state index in [1.807, 2.05) is 29.9 Å². The molecule has 4 nitrogen and oxygen atoms in total. The van der Waals surface area contributed by atoms with Crippen molar-refractivity contribution in [2.75, 3.05) is 0 Å². The summed E-state index contributed by atoms with van der Waals surface area (Å²) in [7, 11) is 1.98. The van der Waals surface area contributed by atoms with Crippen LogP contribution in [0.1, 0.15) is 12.6 Å². The van der Waals surface area contributed by atoms with Crippen LogP contribution in [0.15, 0.2) is 33.5 Å². The SMILES string of the molecule is CCc1nc(-c2ccco2)nc2c1c(Br)cn2C. The molecule has 0 spiro atoms. The number of furan rings is 1. The van der Waals surface area contributed by atoms with Gasteiger partial charge in [-0.1, -0.05) is 6.92 Å². The highest BCUT2D eigenvalue weighted by molar-refractivity contribution is 9.10. The first-order chi connectivity index (χ1) is 8.70. The zero-order valence-electron chi connectivity index (χ0n) is 10.1. The molecule has 0 bridgehead atoms. The molecular weight excluding hydrogens is 294 g/mol. The standard InChI is InChI=1S/C13H12BrN3O/c1-3-9-11-8(14)7-17(2)13(11)16-12(15-9)10-5-4-6-18-10/h4-7H,3H2,1-2H3. The summed E-state index contributed by atoms with van der Waals surface area (Å²) < 4.78 is 8.39. The molecule has 0 aliphatic heterocycles. The van der Waals surface area contributed by atoms with Gasteiger partial charge in [0.15, 0.2) is 11.6 Å². The molecule has 5 heteroatoms. The molecule has 0 fully saturated rings. The maximum Gasteiger partial charge on any atom is 0.197 e. The third-order valence-corrected chi connectivity index (χ3v) is 3.52. The molecule has 0 saturated heterocycles. The second-order valence-electron chi connectivity index (χ2n) is 4.11. The summed E-state index contributed by atoms with van der Waals surface area (Å²) in [5, 5.41) is 1.08. The van der Waals surface area contributed by atoms with Crippen LogP contribution in [0.3, 0.4) is 0 Å². The molecule has 3 aromatic rings. The Morgan fingerprint density at radius 1 is 1.39 bits per heavy atom. The van der Waals surface area contributed by atoms with Gasteiger partial charge in [-0.3, -0.25) is 0 Å². The lowest BCUT2D eigenvalue weighted by atomic mass is 10.2. The maximum absolute atomic E-state index is 5.37. The Bertz CT molecular complexity index is 701. The van der Waals surface area contributed by atoms with Gasteiger partial charge in [0.05, 0.1) is 17.3 Å². The second kappa shape index (κ2) is 4.24. The molecule has 92 valence electrons. The molecular formula is C13H12BrN3O. The number of aromatic nitrogens is 3. The number of hydrogen-bond donors (Lipinski definition) is 0. The summed E-state index contributed by atoms with van der Waals surface area (Å²) in [5.41, 5.74) is 1.94. The summed E-state index contributed by atoms with van der Waals surface area (Å²) in [6.45, 7) is 2.09. The first-order valence-corrected chi connectivity index (χ1v) is 6.55. The summed E-state index contributed by atoms with van der Waals surface area (Å²) in [6, 6.07) is 3.72. The minimum absolute atomic E-state index is 0.637. The Morgan fingerprint density at radius 2 is 2.22 bits per heavy atom. The van der Waals surface area contributed by atoms with Gasteiger partial charge in [0.2, 0.25) is 0 Å². The molecule has 0 atom stereocenters. The average Bonchev–Trinajstić information content (AvgIpc) is 2.98. The number of hydrogen-bond acceptors (Lipinski definition) is 3. The van der Waals surface area contributed by atoms with E-state index in [4.69, 9.17) is 4.42 Å². The fourth-order valence-corrected chi connectivity index (χ4v) is 2.77. The van der Waals surface area contributed by atoms with E-state index in [2.05, 4.69) is 32.8 Å². The predicted molar refractivity (Wildman–Crippen MR) is 73.3 cm³/mol. The van der Waals surface area contributed by atoms with Crippen molar-refractivity contribution >= 4 is 27.0 Å². The van der Waals surface area contributed by atoms with Gasteiger partial charge < -0.3 is 8.98 Å². The average molecular weight is 306 g/mol. The predicted octanol–water partition coefficient (Wildman–Crippen LogP) is 3.55. The number of nitrogens with zero attached hydrogens (tertiary/aromatic N) is 3. The highest BCUT2D eigenvalue weighted by Gasteiger charge is 2.15. The van der Waals surface area contributed by atoms with Crippen LogP contribution in [0.2, 0.25) is 0 Å². The smallest absolute Gasteiger partial charge is 0.197 e. The Hall–Kier alpha value is -1.62. The third-order valence-electron chi connectivity index (χ3n) is 2.92. The third kappa shape index (κ3) is 1.66. The van der Waals surface area contributed by atoms with E-state index in [0.717, 1.165) is 27.6 Å². The zero-order chi connectivity index (χ0) is 12.7. The summed E-state index contributed by atoms with van der Waals surface area (Å²) >= 11 is 3.56. The number of aryl methyl sites for hydroxylation is 2. The quantitative estimate of drug-likeness (QED) is 0.727. The molecule has 0 amide bonds. The van der Waals surface area contributed by atoms with Crippen LogP contribution in [0.5, 0.6) is 0 Å². The van der Waals surface area contributed by atoms with Crippen molar-refractivity contribution in [2.45, 2.75) is 13.3 Å². The fraction of sp³-hybridized carbons (Fsp3) is 0.231. The monoisotopic (exact) mass is 305 g/mol. The molecule has 0 saturated carbocycles. The molecule has 3 aromatic heterocycles. The van der Waals surface area contributed by atoms with Gasteiger partial charge in [0.25, 0.3) is 0 Å². The lowest BCUT2D eigenvalue weighted by Gasteiger charge is -2.04. The van der Waals surface area contributed by atoms with Gasteiger partial charge in [0.1, 0.15) is 5.65 Å². The molecule has 0 aliphatic rings. The van der Waals surface area contributed by atoms with E-state index in [1.165, 1.54) is 0 Å². The van der Waals surface area contributed by atoms with E-state index >= 15 is 0 Å². The van der Waals surface area contributed by atoms with Gasteiger partial charge in [-0.2, -0.15) is 0 Å². The Morgan fingerprint density at radius 3 is 2.89 bits per heavy atom. The van der Waals surface area contributed by atoms with Crippen LogP contribution in [-0.4, -0.2) is 14.5 Å². The van der Waals surface area contributed by atoms with Gasteiger partial charge in [-0.25, -0.2) is 9.97 Å². The lowest BCUT2D eigenvalue weighted by Crippen LogP contribution is -1.98. The zero-order valence-corrected chi connectivity index (χ0v) is 11.7. The molecule has 0 aliphatic carbocycles. The summed E-state index contributed by atoms with van der Waals surface area (Å²) in [4.78, 5) is 9.16. The van der Waals surface area contributed by atoms with E-state index < -0.39 is 0 Å². The largest absolute Gasteiger partial charge is 0.461 e. The van der Waals surface area contributed by atoms with Crippen molar-refractivity contribution in [2.24, 2.45) is 7.05 Å². The van der Waals surface area contributed by atoms with Gasteiger partial charge in [0, 0.05) is 17.7 Å². The molecule has 18 heavy (non-hydrogen) atoms. The fourth-order valence-electron chi connectivity index (χ4n) is 2.06. The van der Waals surface area contributed by atoms with Crippen LogP contribution in [0, 0.1) is 0 Å². The molecule has 0 N–H and O–H groups in total. The van der Waals surface area contributed by atoms with Gasteiger partial charge in [-0.15, -0.1) is 0 Å². The van der Waals surface area contributed by atoms with E-state index in [1.54, 1.807) is 6.26 Å². The Kier molecular flexibility index (Phi) is 2.70. The number of fused-ring (bicyclic) bond motifs is 1. The molecule has 3 heterocycles. The van der Waals surface area contributed by atoms with Crippen molar-refractivity contribution in [3.05, 3.63) is 34.8 Å². The first kappa shape index (κ1) is 11.5. The van der Waals surface area contributed by atoms with E-state index in [9.17, 15) is 0 Å². The van der Waals surface area contributed by atoms with Gasteiger partial charge in [-0.05, 0) is 34.5 Å². The van der Waals surface area contributed by atoms with Crippen molar-refractivity contribution < 1.29 is 4.42 Å². The molecule has 0 unspecified atom stereocenters. The number of halogens is 1. The van der Waals surface area contributed by atoms with E-state index in [-0.39, 0.29) is 0 Å². The van der Waals surface area contributed by atoms with Crippen LogP contribution in [0.4, 0.5) is 0 Å². The second-order valence-corrected chi connectivity index (χ2v) is 4.97. The summed E-state index contributed by atoms with van der Waals surface area (Å²) in [6.07, 6.45) is 4.50. The van der Waals surface area contributed by atoms with Crippen LogP contribution < -0.4 is 0 Å². The first-order valence-electron chi connectivity index (χ1n) is 5.76. The van der Waals surface area contributed by atoms with Crippen molar-refractivity contribution in [1.82, 2.24) is 14.5 Å². The highest BCUT2D eigenvalue weighted by atomic mass is 79.9. The highest BCUT2D eigenvalue weighted by Crippen LogP contribution is 2.29. The minimum atomic E-state index is 0.637. The molecule has 0 radical (unpaired) electrons. The summed E-state index contributed by atoms with van der Waals surface area (Å²) in [5.74, 6) is 1.34. The lowest BCUT2D eigenvalue weighted by molar-refractivity contribution is 0.577. The molecule has 3 rings (SSSR count). The molecule has 0 aromatic carbocycles.